The van der Waals surface area contributed by atoms with E-state index in [4.69, 9.17) is 4.74 Å². The minimum absolute atomic E-state index is 0.791. The molecule has 1 aromatic rings. The molecule has 0 aliphatic carbocycles. The number of ether oxygens (including phenoxy) is 1. The molecule has 0 spiro atoms. The van der Waals surface area contributed by atoms with Crippen molar-refractivity contribution in [1.82, 2.24) is 0 Å². The van der Waals surface area contributed by atoms with Crippen LogP contribution in [0.4, 0.5) is 5.69 Å². The summed E-state index contributed by atoms with van der Waals surface area (Å²) in [6.45, 7) is 3.01. The van der Waals surface area contributed by atoms with E-state index in [1.54, 1.807) is 0 Å². The molecule has 0 bridgehead atoms. The van der Waals surface area contributed by atoms with Crippen molar-refractivity contribution < 1.29 is 4.74 Å². The van der Waals surface area contributed by atoms with Gasteiger partial charge in [0.25, 0.3) is 0 Å². The lowest BCUT2D eigenvalue weighted by molar-refractivity contribution is 0.304. The number of isothiocyanates is 1. The lowest BCUT2D eigenvalue weighted by atomic mass is 10.2. The van der Waals surface area contributed by atoms with E-state index in [2.05, 4.69) is 29.3 Å². The van der Waals surface area contributed by atoms with Gasteiger partial charge >= 0.3 is 0 Å². The molecule has 0 aliphatic heterocycles. The fourth-order valence-electron chi connectivity index (χ4n) is 1.57. The number of benzene rings is 1. The average molecular weight is 249 g/mol. The predicted octanol–water partition coefficient (Wildman–Crippen LogP) is 4.77. The third-order valence-electron chi connectivity index (χ3n) is 2.53. The SMILES string of the molecule is CCCCCCCOc1ccc(N=C=S)cc1. The number of aliphatic imine (C=N–C) groups is 1. The van der Waals surface area contributed by atoms with Crippen molar-refractivity contribution in [3.63, 3.8) is 0 Å². The molecular weight excluding hydrogens is 230 g/mol. The van der Waals surface area contributed by atoms with Crippen molar-refractivity contribution in [3.8, 4) is 5.75 Å². The van der Waals surface area contributed by atoms with Gasteiger partial charge in [-0.25, -0.2) is 0 Å². The van der Waals surface area contributed by atoms with Gasteiger partial charge in [0.1, 0.15) is 5.75 Å². The fourth-order valence-corrected chi connectivity index (χ4v) is 1.67. The van der Waals surface area contributed by atoms with E-state index < -0.39 is 0 Å². The van der Waals surface area contributed by atoms with Crippen LogP contribution in [0.3, 0.4) is 0 Å². The second-order valence-corrected chi connectivity index (χ2v) is 4.14. The van der Waals surface area contributed by atoms with Crippen LogP contribution in [0.25, 0.3) is 0 Å². The van der Waals surface area contributed by atoms with Crippen molar-refractivity contribution in [1.29, 1.82) is 0 Å². The van der Waals surface area contributed by atoms with Gasteiger partial charge in [0.05, 0.1) is 17.5 Å². The van der Waals surface area contributed by atoms with Crippen molar-refractivity contribution in [2.24, 2.45) is 4.99 Å². The maximum atomic E-state index is 5.63. The highest BCUT2D eigenvalue weighted by atomic mass is 32.1. The topological polar surface area (TPSA) is 21.6 Å². The molecule has 0 saturated carbocycles. The van der Waals surface area contributed by atoms with Crippen molar-refractivity contribution in [2.45, 2.75) is 39.0 Å². The summed E-state index contributed by atoms with van der Waals surface area (Å²) in [5.41, 5.74) is 0.815. The second-order valence-electron chi connectivity index (χ2n) is 3.96. The normalized spacial score (nSPS) is 9.71. The molecule has 0 atom stereocenters. The molecule has 0 fully saturated rings. The van der Waals surface area contributed by atoms with Crippen LogP contribution in [-0.4, -0.2) is 11.8 Å². The minimum Gasteiger partial charge on any atom is -0.494 e. The van der Waals surface area contributed by atoms with Crippen LogP contribution in [0, 0.1) is 0 Å². The Labute approximate surface area is 109 Å². The number of nitrogens with zero attached hydrogens (tertiary/aromatic N) is 1. The first-order valence-electron chi connectivity index (χ1n) is 6.17. The number of hydrogen-bond acceptors (Lipinski definition) is 3. The third-order valence-corrected chi connectivity index (χ3v) is 2.62. The molecule has 1 rings (SSSR count). The zero-order valence-corrected chi connectivity index (χ0v) is 11.1. The summed E-state index contributed by atoms with van der Waals surface area (Å²) >= 11 is 4.54. The molecule has 17 heavy (non-hydrogen) atoms. The highest BCUT2D eigenvalue weighted by molar-refractivity contribution is 7.78. The summed E-state index contributed by atoms with van der Waals surface area (Å²) < 4.78 is 5.63. The Hall–Kier alpha value is -1.18. The zero-order chi connectivity index (χ0) is 12.3. The van der Waals surface area contributed by atoms with E-state index in [0.29, 0.717) is 0 Å². The molecule has 2 nitrogen and oxygen atoms in total. The maximum absolute atomic E-state index is 5.63. The van der Waals surface area contributed by atoms with E-state index in [-0.39, 0.29) is 0 Å². The smallest absolute Gasteiger partial charge is 0.119 e. The first-order valence-corrected chi connectivity index (χ1v) is 6.58. The van der Waals surface area contributed by atoms with Crippen LogP contribution in [0.2, 0.25) is 0 Å². The Kier molecular flexibility index (Phi) is 7.28. The van der Waals surface area contributed by atoms with Gasteiger partial charge in [-0.05, 0) is 42.9 Å². The van der Waals surface area contributed by atoms with Gasteiger partial charge in [0.15, 0.2) is 0 Å². The number of unbranched alkanes of at least 4 members (excludes halogenated alkanes) is 4. The number of hydrogen-bond donors (Lipinski definition) is 0. The van der Waals surface area contributed by atoms with Gasteiger partial charge in [0, 0.05) is 0 Å². The molecule has 0 aromatic heterocycles. The Bertz CT molecular complexity index is 355. The van der Waals surface area contributed by atoms with Gasteiger partial charge in [-0.3, -0.25) is 0 Å². The van der Waals surface area contributed by atoms with E-state index in [1.807, 2.05) is 24.3 Å². The van der Waals surface area contributed by atoms with Crippen LogP contribution >= 0.6 is 12.2 Å². The Morgan fingerprint density at radius 3 is 2.47 bits per heavy atom. The van der Waals surface area contributed by atoms with Crippen LogP contribution in [-0.2, 0) is 0 Å². The molecule has 0 radical (unpaired) electrons. The average Bonchev–Trinajstić information content (AvgIpc) is 2.36. The summed E-state index contributed by atoms with van der Waals surface area (Å²) in [6.07, 6.45) is 6.29. The predicted molar refractivity (Wildman–Crippen MR) is 75.4 cm³/mol. The molecular formula is C14H19NOS. The minimum atomic E-state index is 0.791. The van der Waals surface area contributed by atoms with E-state index in [0.717, 1.165) is 24.5 Å². The molecule has 0 heterocycles. The van der Waals surface area contributed by atoms with E-state index in [1.165, 1.54) is 25.7 Å². The summed E-state index contributed by atoms with van der Waals surface area (Å²) in [6, 6.07) is 7.59. The van der Waals surface area contributed by atoms with Crippen LogP contribution in [0.1, 0.15) is 39.0 Å². The van der Waals surface area contributed by atoms with E-state index in [9.17, 15) is 0 Å². The second kappa shape index (κ2) is 8.91. The molecule has 92 valence electrons. The number of thiocarbonyl (C=S) groups is 1. The molecule has 0 unspecified atom stereocenters. The van der Waals surface area contributed by atoms with Crippen molar-refractivity contribution in [3.05, 3.63) is 24.3 Å². The highest BCUT2D eigenvalue weighted by Crippen LogP contribution is 2.17. The summed E-state index contributed by atoms with van der Waals surface area (Å²) in [5.74, 6) is 0.892. The largest absolute Gasteiger partial charge is 0.494 e. The first-order chi connectivity index (χ1) is 8.36. The summed E-state index contributed by atoms with van der Waals surface area (Å²) in [5, 5.41) is 2.34. The van der Waals surface area contributed by atoms with Crippen molar-refractivity contribution >= 4 is 23.1 Å². The molecule has 3 heteroatoms. The molecule has 0 N–H and O–H groups in total. The third kappa shape index (κ3) is 6.20. The Balaban J connectivity index is 2.20. The molecule has 0 amide bonds. The first kappa shape index (κ1) is 13.9. The maximum Gasteiger partial charge on any atom is 0.119 e. The quantitative estimate of drug-likeness (QED) is 0.376. The van der Waals surface area contributed by atoms with Crippen LogP contribution in [0.5, 0.6) is 5.75 Å². The highest BCUT2D eigenvalue weighted by Gasteiger charge is 1.94. The van der Waals surface area contributed by atoms with Gasteiger partial charge in [-0.1, -0.05) is 32.6 Å². The summed E-state index contributed by atoms with van der Waals surface area (Å²) in [4.78, 5) is 3.89. The summed E-state index contributed by atoms with van der Waals surface area (Å²) in [7, 11) is 0. The fraction of sp³-hybridized carbons (Fsp3) is 0.500. The zero-order valence-electron chi connectivity index (χ0n) is 10.3. The van der Waals surface area contributed by atoms with Crippen LogP contribution in [0.15, 0.2) is 29.3 Å². The molecule has 0 aliphatic rings. The Morgan fingerprint density at radius 1 is 1.12 bits per heavy atom. The lowest BCUT2D eigenvalue weighted by Gasteiger charge is -2.05. The lowest BCUT2D eigenvalue weighted by Crippen LogP contribution is -1.96. The van der Waals surface area contributed by atoms with Gasteiger partial charge < -0.3 is 4.74 Å². The van der Waals surface area contributed by atoms with Crippen LogP contribution < -0.4 is 4.74 Å². The Morgan fingerprint density at radius 2 is 1.82 bits per heavy atom. The monoisotopic (exact) mass is 249 g/mol. The standard InChI is InChI=1S/C14H19NOS/c1-2-3-4-5-6-11-16-14-9-7-13(8-10-14)15-12-17/h7-10H,2-6,11H2,1H3. The molecule has 0 saturated heterocycles. The van der Waals surface area contributed by atoms with Gasteiger partial charge in [-0.2, -0.15) is 4.99 Å². The molecule has 1 aromatic carbocycles. The van der Waals surface area contributed by atoms with E-state index >= 15 is 0 Å². The van der Waals surface area contributed by atoms with Gasteiger partial charge in [-0.15, -0.1) is 0 Å². The van der Waals surface area contributed by atoms with Gasteiger partial charge in [0.2, 0.25) is 0 Å². The van der Waals surface area contributed by atoms with Crippen molar-refractivity contribution in [2.75, 3.05) is 6.61 Å². The number of rotatable bonds is 8.